The summed E-state index contributed by atoms with van der Waals surface area (Å²) < 4.78 is 42.0. The third kappa shape index (κ3) is 19.1. The molecule has 0 radical (unpaired) electrons. The van der Waals surface area contributed by atoms with Crippen LogP contribution in [0.15, 0.2) is 0 Å². The van der Waals surface area contributed by atoms with Gasteiger partial charge in [0.05, 0.1) is 0 Å². The summed E-state index contributed by atoms with van der Waals surface area (Å²) in [7, 11) is -6.57. The van der Waals surface area contributed by atoms with E-state index < -0.39 is 14.9 Å². The second-order valence-electron chi connectivity index (χ2n) is 22.8. The van der Waals surface area contributed by atoms with Crippen LogP contribution in [0.1, 0.15) is 330 Å². The summed E-state index contributed by atoms with van der Waals surface area (Å²) in [6.45, 7) is 11.5. The van der Waals surface area contributed by atoms with Crippen LogP contribution in [-0.4, -0.2) is 17.6 Å². The molecule has 0 saturated carbocycles. The molecule has 5 rings (SSSR count). The number of fused-ring (bicyclic) bond motifs is 4. The zero-order chi connectivity index (χ0) is 49.5. The van der Waals surface area contributed by atoms with Crippen molar-refractivity contribution >= 4 is 20.1 Å². The summed E-state index contributed by atoms with van der Waals surface area (Å²) in [6, 6.07) is 0. The molecular weight excluding hydrogens is 907 g/mol. The van der Waals surface area contributed by atoms with Crippen LogP contribution in [0, 0.1) is 5.92 Å². The molecule has 7 nitrogen and oxygen atoms in total. The van der Waals surface area contributed by atoms with Crippen LogP contribution in [0.3, 0.4) is 0 Å². The Labute approximate surface area is 433 Å². The molecule has 0 saturated heterocycles. The van der Waals surface area contributed by atoms with Gasteiger partial charge in [-0.2, -0.15) is 0 Å². The fraction of sp³-hybridized carbons (Fsp3) is 0.885. The first-order valence-corrected chi connectivity index (χ1v) is 35.2. The summed E-state index contributed by atoms with van der Waals surface area (Å²) in [5, 5.41) is 1.25. The van der Waals surface area contributed by atoms with Crippen molar-refractivity contribution in [2.24, 2.45) is 5.92 Å². The summed E-state index contributed by atoms with van der Waals surface area (Å²) in [5.41, 5.74) is 0. The van der Waals surface area contributed by atoms with Gasteiger partial charge in [0.1, 0.15) is 0 Å². The molecule has 70 heavy (non-hydrogen) atoms. The fourth-order valence-electron chi connectivity index (χ4n) is 11.7. The predicted molar refractivity (Wildman–Crippen MR) is 304 cm³/mol. The third-order valence-electron chi connectivity index (χ3n) is 16.5. The predicted octanol–water partition coefficient (Wildman–Crippen LogP) is 22.8. The molecule has 0 aromatic heterocycles. The first kappa shape index (κ1) is 59.6. The van der Waals surface area contributed by atoms with Crippen LogP contribution >= 0.6 is 14.9 Å². The summed E-state index contributed by atoms with van der Waals surface area (Å²) >= 11 is 0. The Morgan fingerprint density at radius 3 is 0.914 bits per heavy atom. The van der Waals surface area contributed by atoms with E-state index in [0.717, 1.165) is 50.8 Å². The Kier molecular flexibility index (Phi) is 29.2. The standard InChI is InChI=1S/C61H112O7P2/c1-6-10-14-18-22-26-30-34-38-42-46-50-55(51-47-43-39-35-31-27-23-19-15-11-7-2)54(5)69-63-57-56-60-61(59(65-69)58(57)64-69)67-70(66-60,68-62-56,52-48-44-40-36-32-28-24-20-16-12-8-3)53-49-45-41-37-33-29-25-21-17-13-9-4/h55H,6-53H2,1-5H3. The zero-order valence-corrected chi connectivity index (χ0v) is 48.6. The molecule has 9 heteroatoms. The average Bonchev–Trinajstić information content (AvgIpc) is 4.04. The van der Waals surface area contributed by atoms with Crippen LogP contribution in [-0.2, 0) is 4.67 Å². The van der Waals surface area contributed by atoms with Crippen LogP contribution in [0.2, 0.25) is 0 Å². The number of benzene rings is 1. The van der Waals surface area contributed by atoms with Crippen LogP contribution in [0.5, 0.6) is 34.5 Å². The molecule has 1 unspecified atom stereocenters. The number of hydrogen-bond donors (Lipinski definition) is 0. The Hall–Kier alpha value is -1.29. The monoisotopic (exact) mass is 1020 g/mol. The van der Waals surface area contributed by atoms with Crippen LogP contribution < -0.4 is 27.5 Å². The molecule has 1 aromatic rings. The van der Waals surface area contributed by atoms with Crippen molar-refractivity contribution in [2.45, 2.75) is 330 Å². The Morgan fingerprint density at radius 2 is 0.586 bits per heavy atom. The molecule has 0 fully saturated rings. The Balaban J connectivity index is 1.20. The second kappa shape index (κ2) is 34.3. The SMILES string of the molecule is CCCCCCCCCCCCCC(CCCCCCCCCCCCC)C(C)=P12Oc3c4c5c(c(c3O1)O2)OP(CCCCCCCCCCCCC)(CCCCCCCCCCCCC)(OO4)O5. The summed E-state index contributed by atoms with van der Waals surface area (Å²) in [6.07, 6.45) is 62.3. The molecule has 4 heterocycles. The topological polar surface area (TPSA) is 64.6 Å². The van der Waals surface area contributed by atoms with Gasteiger partial charge in [-0.1, -0.05) is 118 Å². The van der Waals surface area contributed by atoms with Crippen molar-refractivity contribution in [3.63, 3.8) is 0 Å². The van der Waals surface area contributed by atoms with Gasteiger partial charge in [0.15, 0.2) is 0 Å². The van der Waals surface area contributed by atoms with E-state index in [9.17, 15) is 0 Å². The molecule has 0 N–H and O–H groups in total. The van der Waals surface area contributed by atoms with Crippen LogP contribution in [0.4, 0.5) is 0 Å². The van der Waals surface area contributed by atoms with E-state index in [4.69, 9.17) is 32.2 Å². The summed E-state index contributed by atoms with van der Waals surface area (Å²) in [4.78, 5) is 6.44. The van der Waals surface area contributed by atoms with E-state index in [1.807, 2.05) is 0 Å². The van der Waals surface area contributed by atoms with Crippen LogP contribution in [0.25, 0.3) is 0 Å². The van der Waals surface area contributed by atoms with Crippen molar-refractivity contribution in [3.05, 3.63) is 0 Å². The average molecular weight is 1020 g/mol. The molecule has 1 atom stereocenters. The summed E-state index contributed by atoms with van der Waals surface area (Å²) in [5.74, 6) is 4.09. The van der Waals surface area contributed by atoms with Gasteiger partial charge in [-0.3, -0.25) is 0 Å². The number of rotatable bonds is 49. The minimum atomic E-state index is -3.70. The van der Waals surface area contributed by atoms with Crippen molar-refractivity contribution in [1.82, 2.24) is 0 Å². The van der Waals surface area contributed by atoms with Gasteiger partial charge in [0, 0.05) is 0 Å². The van der Waals surface area contributed by atoms with E-state index in [0.29, 0.717) is 40.4 Å². The molecule has 4 aliphatic rings. The van der Waals surface area contributed by atoms with Gasteiger partial charge in [0.25, 0.3) is 0 Å². The van der Waals surface area contributed by atoms with Crippen molar-refractivity contribution < 1.29 is 32.2 Å². The Morgan fingerprint density at radius 1 is 0.329 bits per heavy atom. The number of unbranched alkanes of at least 4 members (excludes halogenated alkanes) is 40. The normalized spacial score (nSPS) is 17.9. The maximum atomic E-state index is 7.27. The van der Waals surface area contributed by atoms with Crippen molar-refractivity contribution in [2.75, 3.05) is 12.3 Å². The molecule has 0 spiro atoms. The van der Waals surface area contributed by atoms with Crippen molar-refractivity contribution in [1.29, 1.82) is 0 Å². The number of hydrogen-bond acceptors (Lipinski definition) is 7. The second-order valence-corrected chi connectivity index (χ2v) is 28.9. The van der Waals surface area contributed by atoms with E-state index in [1.54, 1.807) is 0 Å². The molecule has 408 valence electrons. The van der Waals surface area contributed by atoms with Gasteiger partial charge in [-0.25, -0.2) is 0 Å². The van der Waals surface area contributed by atoms with Gasteiger partial charge in [0.2, 0.25) is 0 Å². The fourth-order valence-corrected chi connectivity index (χ4v) is 18.1. The van der Waals surface area contributed by atoms with Gasteiger partial charge in [-0.05, 0) is 0 Å². The van der Waals surface area contributed by atoms with Gasteiger partial charge >= 0.3 is 317 Å². The first-order chi connectivity index (χ1) is 34.4. The van der Waals surface area contributed by atoms with E-state index in [2.05, 4.69) is 34.6 Å². The molecule has 0 amide bonds. The zero-order valence-electron chi connectivity index (χ0n) is 46.8. The van der Waals surface area contributed by atoms with E-state index >= 15 is 0 Å². The van der Waals surface area contributed by atoms with Crippen molar-refractivity contribution in [3.8, 4) is 34.5 Å². The molecular formula is C61H112O7P2. The molecule has 4 aliphatic heterocycles. The van der Waals surface area contributed by atoms with E-state index in [1.165, 1.54) is 262 Å². The minimum absolute atomic E-state index is 0.395. The third-order valence-corrected chi connectivity index (χ3v) is 22.9. The quantitative estimate of drug-likeness (QED) is 0.0366. The molecule has 0 aliphatic carbocycles. The van der Waals surface area contributed by atoms with Gasteiger partial charge in [-0.15, -0.1) is 0 Å². The maximum absolute atomic E-state index is 7.27. The van der Waals surface area contributed by atoms with Gasteiger partial charge < -0.3 is 0 Å². The van der Waals surface area contributed by atoms with E-state index in [-0.39, 0.29) is 0 Å². The molecule has 1 aromatic carbocycles. The first-order valence-electron chi connectivity index (χ1n) is 31.3. The molecule has 4 bridgehead atoms. The Bertz CT molecular complexity index is 1560.